The summed E-state index contributed by atoms with van der Waals surface area (Å²) >= 11 is 0. The van der Waals surface area contributed by atoms with Crippen LogP contribution < -0.4 is 10.1 Å². The molecule has 0 saturated carbocycles. The molecule has 0 bridgehead atoms. The van der Waals surface area contributed by atoms with Crippen molar-refractivity contribution in [1.29, 1.82) is 0 Å². The van der Waals surface area contributed by atoms with Crippen LogP contribution in [0.1, 0.15) is 37.6 Å². The predicted molar refractivity (Wildman–Crippen MR) is 103 cm³/mol. The molecule has 3 aromatic rings. The fourth-order valence-electron chi connectivity index (χ4n) is 2.50. The van der Waals surface area contributed by atoms with Crippen molar-refractivity contribution in [3.8, 4) is 11.6 Å². The summed E-state index contributed by atoms with van der Waals surface area (Å²) in [5, 5.41) is 16.1. The average Bonchev–Trinajstić information content (AvgIpc) is 3.00. The first-order valence-electron chi connectivity index (χ1n) is 8.69. The molecular weight excluding hydrogens is 326 g/mol. The molecule has 0 saturated heterocycles. The summed E-state index contributed by atoms with van der Waals surface area (Å²) in [5.41, 5.74) is 2.96. The largest absolute Gasteiger partial charge is 0.488 e. The lowest BCUT2D eigenvalue weighted by Gasteiger charge is -2.24. The van der Waals surface area contributed by atoms with Crippen LogP contribution in [-0.4, -0.2) is 25.6 Å². The van der Waals surface area contributed by atoms with Crippen LogP contribution >= 0.6 is 0 Å². The van der Waals surface area contributed by atoms with Gasteiger partial charge in [0.05, 0.1) is 5.69 Å². The molecule has 0 fully saturated rings. The van der Waals surface area contributed by atoms with Crippen LogP contribution in [0.4, 0.5) is 5.82 Å². The van der Waals surface area contributed by atoms with Crippen LogP contribution in [0.15, 0.2) is 42.6 Å². The minimum Gasteiger partial charge on any atom is -0.488 e. The lowest BCUT2D eigenvalue weighted by Crippen LogP contribution is -2.24. The Hall–Kier alpha value is -2.89. The highest BCUT2D eigenvalue weighted by Crippen LogP contribution is 2.25. The molecule has 1 aromatic carbocycles. The third-order valence-electron chi connectivity index (χ3n) is 3.71. The van der Waals surface area contributed by atoms with Gasteiger partial charge in [0.1, 0.15) is 17.2 Å². The van der Waals surface area contributed by atoms with Gasteiger partial charge in [-0.3, -0.25) is 0 Å². The van der Waals surface area contributed by atoms with Crippen LogP contribution in [0.25, 0.3) is 5.82 Å². The number of nitrogens with one attached hydrogen (secondary N) is 1. The number of ether oxygens (including phenoxy) is 1. The van der Waals surface area contributed by atoms with E-state index in [4.69, 9.17) is 4.74 Å². The standard InChI is InChI=1S/C20H25N5O/c1-14-6-7-16(17(12-14)26-20(3,4)5)13-21-18-8-9-19(23-22-18)25-11-10-15(2)24-25/h6-12H,13H2,1-5H3,(H,21,22). The van der Waals surface area contributed by atoms with Crippen molar-refractivity contribution in [3.63, 3.8) is 0 Å². The maximum Gasteiger partial charge on any atom is 0.175 e. The number of aromatic nitrogens is 4. The second-order valence-electron chi connectivity index (χ2n) is 7.36. The fraction of sp³-hybridized carbons (Fsp3) is 0.350. The van der Waals surface area contributed by atoms with E-state index < -0.39 is 0 Å². The molecule has 0 aliphatic carbocycles. The minimum atomic E-state index is -0.244. The van der Waals surface area contributed by atoms with E-state index >= 15 is 0 Å². The highest BCUT2D eigenvalue weighted by Gasteiger charge is 2.15. The first-order valence-corrected chi connectivity index (χ1v) is 8.69. The second kappa shape index (κ2) is 7.15. The molecule has 1 N–H and O–H groups in total. The van der Waals surface area contributed by atoms with Crippen molar-refractivity contribution in [2.75, 3.05) is 5.32 Å². The topological polar surface area (TPSA) is 64.9 Å². The molecule has 0 aliphatic rings. The van der Waals surface area contributed by atoms with Gasteiger partial charge in [0.2, 0.25) is 0 Å². The molecule has 6 heteroatoms. The van der Waals surface area contributed by atoms with Gasteiger partial charge < -0.3 is 10.1 Å². The Balaban J connectivity index is 1.71. The number of nitrogens with zero attached hydrogens (tertiary/aromatic N) is 4. The van der Waals surface area contributed by atoms with E-state index in [9.17, 15) is 0 Å². The Kier molecular flexibility index (Phi) is 4.93. The Bertz CT molecular complexity index is 878. The maximum absolute atomic E-state index is 6.09. The van der Waals surface area contributed by atoms with Gasteiger partial charge in [0.15, 0.2) is 5.82 Å². The molecule has 3 rings (SSSR count). The van der Waals surface area contributed by atoms with Crippen molar-refractivity contribution in [3.05, 3.63) is 59.4 Å². The van der Waals surface area contributed by atoms with E-state index in [0.29, 0.717) is 18.2 Å². The number of hydrogen-bond acceptors (Lipinski definition) is 5. The van der Waals surface area contributed by atoms with E-state index in [1.807, 2.05) is 52.1 Å². The molecule has 0 atom stereocenters. The van der Waals surface area contributed by atoms with Crippen LogP contribution in [0, 0.1) is 13.8 Å². The molecule has 0 spiro atoms. The second-order valence-corrected chi connectivity index (χ2v) is 7.36. The first kappa shape index (κ1) is 17.9. The van der Waals surface area contributed by atoms with E-state index in [2.05, 4.69) is 45.7 Å². The zero-order chi connectivity index (χ0) is 18.7. The van der Waals surface area contributed by atoms with Gasteiger partial charge in [-0.1, -0.05) is 12.1 Å². The van der Waals surface area contributed by atoms with E-state index in [1.165, 1.54) is 5.56 Å². The van der Waals surface area contributed by atoms with Crippen molar-refractivity contribution in [2.45, 2.75) is 46.8 Å². The zero-order valence-electron chi connectivity index (χ0n) is 15.9. The summed E-state index contributed by atoms with van der Waals surface area (Å²) in [6.07, 6.45) is 1.87. The number of anilines is 1. The van der Waals surface area contributed by atoms with Crippen molar-refractivity contribution in [1.82, 2.24) is 20.0 Å². The third kappa shape index (κ3) is 4.59. The molecule has 0 aliphatic heterocycles. The molecule has 0 radical (unpaired) electrons. The molecule has 136 valence electrons. The van der Waals surface area contributed by atoms with E-state index in [-0.39, 0.29) is 5.60 Å². The Morgan fingerprint density at radius 1 is 1.04 bits per heavy atom. The molecular formula is C20H25N5O. The van der Waals surface area contributed by atoms with Gasteiger partial charge >= 0.3 is 0 Å². The molecule has 2 aromatic heterocycles. The monoisotopic (exact) mass is 351 g/mol. The summed E-state index contributed by atoms with van der Waals surface area (Å²) in [6, 6.07) is 12.0. The van der Waals surface area contributed by atoms with Gasteiger partial charge in [-0.25, -0.2) is 4.68 Å². The smallest absolute Gasteiger partial charge is 0.175 e. The van der Waals surface area contributed by atoms with Gasteiger partial charge in [-0.15, -0.1) is 10.2 Å². The zero-order valence-corrected chi connectivity index (χ0v) is 15.9. The van der Waals surface area contributed by atoms with Gasteiger partial charge in [-0.05, 0) is 64.4 Å². The van der Waals surface area contributed by atoms with Gasteiger partial charge in [0, 0.05) is 18.3 Å². The lowest BCUT2D eigenvalue weighted by atomic mass is 10.1. The molecule has 0 unspecified atom stereocenters. The predicted octanol–water partition coefficient (Wildman–Crippen LogP) is 4.07. The minimum absolute atomic E-state index is 0.244. The lowest BCUT2D eigenvalue weighted by molar-refractivity contribution is 0.129. The number of rotatable bonds is 5. The fourth-order valence-corrected chi connectivity index (χ4v) is 2.50. The van der Waals surface area contributed by atoms with Gasteiger partial charge in [-0.2, -0.15) is 5.10 Å². The normalized spacial score (nSPS) is 11.4. The maximum atomic E-state index is 6.09. The number of aryl methyl sites for hydroxylation is 2. The van der Waals surface area contributed by atoms with Crippen molar-refractivity contribution >= 4 is 5.82 Å². The van der Waals surface area contributed by atoms with E-state index in [0.717, 1.165) is 17.0 Å². The molecule has 0 amide bonds. The van der Waals surface area contributed by atoms with Crippen LogP contribution in [0.5, 0.6) is 5.75 Å². The van der Waals surface area contributed by atoms with Crippen molar-refractivity contribution < 1.29 is 4.74 Å². The highest BCUT2D eigenvalue weighted by atomic mass is 16.5. The SMILES string of the molecule is Cc1ccc(CNc2ccc(-n3ccc(C)n3)nn2)c(OC(C)(C)C)c1. The Labute approximate surface area is 154 Å². The summed E-state index contributed by atoms with van der Waals surface area (Å²) in [7, 11) is 0. The summed E-state index contributed by atoms with van der Waals surface area (Å²) < 4.78 is 7.80. The quantitative estimate of drug-likeness (QED) is 0.751. The third-order valence-corrected chi connectivity index (χ3v) is 3.71. The summed E-state index contributed by atoms with van der Waals surface area (Å²) in [5.74, 6) is 2.29. The molecule has 26 heavy (non-hydrogen) atoms. The van der Waals surface area contributed by atoms with Crippen LogP contribution in [-0.2, 0) is 6.54 Å². The van der Waals surface area contributed by atoms with Crippen molar-refractivity contribution in [2.24, 2.45) is 0 Å². The summed E-state index contributed by atoms with van der Waals surface area (Å²) in [4.78, 5) is 0. The summed E-state index contributed by atoms with van der Waals surface area (Å²) in [6.45, 7) is 10.8. The first-order chi connectivity index (χ1) is 12.3. The number of benzene rings is 1. The molecule has 6 nitrogen and oxygen atoms in total. The van der Waals surface area contributed by atoms with Crippen LogP contribution in [0.2, 0.25) is 0 Å². The molecule has 2 heterocycles. The van der Waals surface area contributed by atoms with Crippen LogP contribution in [0.3, 0.4) is 0 Å². The van der Waals surface area contributed by atoms with E-state index in [1.54, 1.807) is 4.68 Å². The van der Waals surface area contributed by atoms with Gasteiger partial charge in [0.25, 0.3) is 0 Å². The Morgan fingerprint density at radius 2 is 1.85 bits per heavy atom. The highest BCUT2D eigenvalue weighted by molar-refractivity contribution is 5.42. The average molecular weight is 351 g/mol. The Morgan fingerprint density at radius 3 is 2.46 bits per heavy atom. The number of hydrogen-bond donors (Lipinski definition) is 1.